The molecule has 262 valence electrons. The van der Waals surface area contributed by atoms with Crippen LogP contribution < -0.4 is 0 Å². The maximum atomic E-state index is 4.97. The van der Waals surface area contributed by atoms with Gasteiger partial charge >= 0.3 is 0 Å². The van der Waals surface area contributed by atoms with Gasteiger partial charge in [0, 0.05) is 53.3 Å². The first-order valence-electron chi connectivity index (χ1n) is 18.8. The van der Waals surface area contributed by atoms with Crippen molar-refractivity contribution in [1.82, 2.24) is 19.5 Å². The summed E-state index contributed by atoms with van der Waals surface area (Å²) in [4.78, 5) is 14.8. The molecule has 0 radical (unpaired) electrons. The summed E-state index contributed by atoms with van der Waals surface area (Å²) >= 11 is 1.80. The Balaban J connectivity index is 0.963. The summed E-state index contributed by atoms with van der Waals surface area (Å²) in [5.74, 6) is 1.99. The van der Waals surface area contributed by atoms with E-state index >= 15 is 0 Å². The maximum Gasteiger partial charge on any atom is 0.164 e. The van der Waals surface area contributed by atoms with Crippen LogP contribution in [0.25, 0.3) is 104 Å². The highest BCUT2D eigenvalue weighted by Gasteiger charge is 2.16. The minimum atomic E-state index is 0.664. The van der Waals surface area contributed by atoms with Crippen LogP contribution in [0.3, 0.4) is 0 Å². The first kappa shape index (κ1) is 32.2. The lowest BCUT2D eigenvalue weighted by Gasteiger charge is -2.11. The number of thiophene rings is 1. The molecule has 8 aromatic carbocycles. The van der Waals surface area contributed by atoms with Gasteiger partial charge in [0.1, 0.15) is 0 Å². The standard InChI is InChI=1S/C51H32N4S/c1-4-12-33(13-5-1)38-22-27-42-41-18-10-11-19-45(41)55(46(42)31-38)40-25-20-34(21-26-40)37-24-29-47-44(30-37)43-28-23-39(32-48(43)56-47)51-53-49(35-14-6-2-7-15-35)52-50(54-51)36-16-8-3-9-17-36/h1-32H. The van der Waals surface area contributed by atoms with E-state index in [0.29, 0.717) is 17.5 Å². The predicted octanol–water partition coefficient (Wildman–Crippen LogP) is 13.7. The van der Waals surface area contributed by atoms with Crippen LogP contribution in [0.4, 0.5) is 0 Å². The average molecular weight is 733 g/mol. The van der Waals surface area contributed by atoms with E-state index < -0.39 is 0 Å². The van der Waals surface area contributed by atoms with E-state index in [4.69, 9.17) is 15.0 Å². The topological polar surface area (TPSA) is 43.6 Å². The second-order valence-electron chi connectivity index (χ2n) is 14.1. The van der Waals surface area contributed by atoms with Crippen molar-refractivity contribution in [3.05, 3.63) is 194 Å². The molecular formula is C51H32N4S. The molecule has 5 heteroatoms. The summed E-state index contributed by atoms with van der Waals surface area (Å²) in [6.07, 6.45) is 0. The van der Waals surface area contributed by atoms with Crippen molar-refractivity contribution in [3.8, 4) is 62.1 Å². The highest BCUT2D eigenvalue weighted by atomic mass is 32.1. The summed E-state index contributed by atoms with van der Waals surface area (Å²) in [5, 5.41) is 4.99. The summed E-state index contributed by atoms with van der Waals surface area (Å²) in [5.41, 5.74) is 11.3. The fraction of sp³-hybridized carbons (Fsp3) is 0. The predicted molar refractivity (Wildman–Crippen MR) is 234 cm³/mol. The Morgan fingerprint density at radius 3 is 1.50 bits per heavy atom. The molecule has 0 bridgehead atoms. The second-order valence-corrected chi connectivity index (χ2v) is 15.1. The summed E-state index contributed by atoms with van der Waals surface area (Å²) in [7, 11) is 0. The average Bonchev–Trinajstić information content (AvgIpc) is 3.82. The smallest absolute Gasteiger partial charge is 0.164 e. The van der Waals surface area contributed by atoms with Crippen molar-refractivity contribution in [1.29, 1.82) is 0 Å². The molecule has 0 atom stereocenters. The van der Waals surface area contributed by atoms with E-state index in [0.717, 1.165) is 22.4 Å². The molecule has 0 saturated heterocycles. The maximum absolute atomic E-state index is 4.97. The lowest BCUT2D eigenvalue weighted by molar-refractivity contribution is 1.07. The first-order valence-corrected chi connectivity index (χ1v) is 19.6. The van der Waals surface area contributed by atoms with E-state index in [1.807, 2.05) is 60.7 Å². The zero-order valence-electron chi connectivity index (χ0n) is 30.2. The van der Waals surface area contributed by atoms with Crippen LogP contribution >= 0.6 is 11.3 Å². The SMILES string of the molecule is c1ccc(-c2ccc3c4ccccc4n(-c4ccc(-c5ccc6sc7cc(-c8nc(-c9ccccc9)nc(-c9ccccc9)n8)ccc7c6c5)cc4)c3c2)cc1. The summed E-state index contributed by atoms with van der Waals surface area (Å²) in [6.45, 7) is 0. The first-order chi connectivity index (χ1) is 27.7. The van der Waals surface area contributed by atoms with Gasteiger partial charge in [-0.25, -0.2) is 15.0 Å². The van der Waals surface area contributed by atoms with Crippen molar-refractivity contribution in [2.45, 2.75) is 0 Å². The van der Waals surface area contributed by atoms with Crippen LogP contribution in [0.1, 0.15) is 0 Å². The third-order valence-electron chi connectivity index (χ3n) is 10.7. The third-order valence-corrected chi connectivity index (χ3v) is 11.8. The molecule has 0 saturated carbocycles. The van der Waals surface area contributed by atoms with Gasteiger partial charge in [0.25, 0.3) is 0 Å². The number of rotatable bonds is 6. The zero-order valence-corrected chi connectivity index (χ0v) is 31.0. The number of benzene rings is 8. The third kappa shape index (κ3) is 5.56. The molecule has 3 aromatic heterocycles. The van der Waals surface area contributed by atoms with Crippen molar-refractivity contribution in [2.75, 3.05) is 0 Å². The van der Waals surface area contributed by atoms with Crippen molar-refractivity contribution in [2.24, 2.45) is 0 Å². The molecule has 0 unspecified atom stereocenters. The van der Waals surface area contributed by atoms with Crippen molar-refractivity contribution >= 4 is 53.3 Å². The number of hydrogen-bond donors (Lipinski definition) is 0. The van der Waals surface area contributed by atoms with E-state index in [1.54, 1.807) is 11.3 Å². The lowest BCUT2D eigenvalue weighted by atomic mass is 10.0. The molecule has 0 spiro atoms. The van der Waals surface area contributed by atoms with E-state index in [1.165, 1.54) is 64.2 Å². The van der Waals surface area contributed by atoms with Crippen molar-refractivity contribution < 1.29 is 0 Å². The Hall–Kier alpha value is -7.21. The number of para-hydroxylation sites is 1. The molecule has 0 fully saturated rings. The molecule has 11 rings (SSSR count). The van der Waals surface area contributed by atoms with Crippen LogP contribution in [0, 0.1) is 0 Å². The molecular weight excluding hydrogens is 701 g/mol. The molecule has 3 heterocycles. The lowest BCUT2D eigenvalue weighted by Crippen LogP contribution is -1.99. The quantitative estimate of drug-likeness (QED) is 0.171. The van der Waals surface area contributed by atoms with Gasteiger partial charge in [0.15, 0.2) is 17.5 Å². The zero-order chi connectivity index (χ0) is 37.0. The fourth-order valence-corrected chi connectivity index (χ4v) is 9.02. The van der Waals surface area contributed by atoms with Gasteiger partial charge in [-0.1, -0.05) is 152 Å². The number of fused-ring (bicyclic) bond motifs is 6. The van der Waals surface area contributed by atoms with Crippen molar-refractivity contribution in [3.63, 3.8) is 0 Å². The van der Waals surface area contributed by atoms with E-state index in [2.05, 4.69) is 138 Å². The number of nitrogens with zero attached hydrogens (tertiary/aromatic N) is 4. The van der Waals surface area contributed by atoms with Gasteiger partial charge in [0.05, 0.1) is 11.0 Å². The van der Waals surface area contributed by atoms with E-state index in [9.17, 15) is 0 Å². The van der Waals surface area contributed by atoms with Gasteiger partial charge in [0.2, 0.25) is 0 Å². The molecule has 0 aliphatic heterocycles. The van der Waals surface area contributed by atoms with Crippen LogP contribution in [0.15, 0.2) is 194 Å². The van der Waals surface area contributed by atoms with Crippen LogP contribution in [-0.4, -0.2) is 19.5 Å². The van der Waals surface area contributed by atoms with Gasteiger partial charge in [-0.05, 0) is 64.7 Å². The van der Waals surface area contributed by atoms with Gasteiger partial charge in [-0.15, -0.1) is 11.3 Å². The molecule has 4 nitrogen and oxygen atoms in total. The minimum Gasteiger partial charge on any atom is -0.309 e. The molecule has 56 heavy (non-hydrogen) atoms. The van der Waals surface area contributed by atoms with Crippen LogP contribution in [0.2, 0.25) is 0 Å². The van der Waals surface area contributed by atoms with Crippen LogP contribution in [0.5, 0.6) is 0 Å². The van der Waals surface area contributed by atoms with Gasteiger partial charge < -0.3 is 4.57 Å². The monoisotopic (exact) mass is 732 g/mol. The highest BCUT2D eigenvalue weighted by molar-refractivity contribution is 7.25. The Bertz CT molecular complexity index is 3160. The van der Waals surface area contributed by atoms with Gasteiger partial charge in [-0.2, -0.15) is 0 Å². The van der Waals surface area contributed by atoms with E-state index in [-0.39, 0.29) is 0 Å². The highest BCUT2D eigenvalue weighted by Crippen LogP contribution is 2.40. The van der Waals surface area contributed by atoms with Crippen LogP contribution in [-0.2, 0) is 0 Å². The Morgan fingerprint density at radius 2 is 0.804 bits per heavy atom. The molecule has 0 aliphatic carbocycles. The number of aromatic nitrogens is 4. The second kappa shape index (κ2) is 13.3. The summed E-state index contributed by atoms with van der Waals surface area (Å²) in [6, 6.07) is 68.8. The fourth-order valence-electron chi connectivity index (χ4n) is 7.90. The minimum absolute atomic E-state index is 0.664. The summed E-state index contributed by atoms with van der Waals surface area (Å²) < 4.78 is 4.85. The largest absolute Gasteiger partial charge is 0.309 e. The molecule has 0 aliphatic rings. The molecule has 0 amide bonds. The Kier molecular flexibility index (Phi) is 7.64. The normalized spacial score (nSPS) is 11.6. The number of hydrogen-bond acceptors (Lipinski definition) is 4. The molecule has 0 N–H and O–H groups in total. The molecule has 11 aromatic rings. The Labute approximate surface area is 327 Å². The van der Waals surface area contributed by atoms with Gasteiger partial charge in [-0.3, -0.25) is 0 Å². The Morgan fingerprint density at radius 1 is 0.304 bits per heavy atom.